The van der Waals surface area contributed by atoms with Crippen molar-refractivity contribution in [2.45, 2.75) is 188 Å². The van der Waals surface area contributed by atoms with Gasteiger partial charge in [0.05, 0.1) is 37.6 Å². The van der Waals surface area contributed by atoms with E-state index < -0.39 is 114 Å². The number of cyclic esters (lactones) is 1. The summed E-state index contributed by atoms with van der Waals surface area (Å²) in [4.78, 5) is 85.2. The summed E-state index contributed by atoms with van der Waals surface area (Å²) < 4.78 is 29.9. The Kier molecular flexibility index (Phi) is 23.2. The Bertz CT molecular complexity index is 1990. The van der Waals surface area contributed by atoms with E-state index in [9.17, 15) is 49.2 Å². The van der Waals surface area contributed by atoms with Crippen LogP contribution in [0.5, 0.6) is 0 Å². The first-order chi connectivity index (χ1) is 33.9. The molecule has 2 unspecified atom stereocenters. The number of piperidine rings is 1. The lowest BCUT2D eigenvalue weighted by Gasteiger charge is -2.42. The number of hydrogen-bond acceptors (Lipinski definition) is 15. The van der Waals surface area contributed by atoms with Gasteiger partial charge in [-0.25, -0.2) is 4.79 Å². The SMILES string of the molecule is COC1C[C@@H]2CC[C@@H](C)[C@@](O)(O2)C(=O)C(=O)N2CCCC[C@H]2C(=O)O[C@H]([C@H](C)CC2CC[C@@H](OC(=O)C(C)(CO)CO)[C@H](OC)C2)CC(=O)[C@H](C)/C=C(\C)[C@@H](O)[C@@H](C)C(=O)[C@H](C)C[C@H](C)/C=C/C=CC=C1C. The molecule has 4 rings (SSSR count). The van der Waals surface area contributed by atoms with Crippen molar-refractivity contribution in [3.8, 4) is 0 Å². The number of aliphatic hydroxyl groups is 4. The zero-order valence-electron chi connectivity index (χ0n) is 44.9. The summed E-state index contributed by atoms with van der Waals surface area (Å²) in [6.45, 7) is 14.7. The minimum Gasteiger partial charge on any atom is -0.460 e. The molecule has 2 saturated heterocycles. The van der Waals surface area contributed by atoms with Crippen molar-refractivity contribution in [2.24, 2.45) is 46.8 Å². The first kappa shape index (κ1) is 60.7. The average Bonchev–Trinajstić information content (AvgIpc) is 3.36. The van der Waals surface area contributed by atoms with E-state index in [0.29, 0.717) is 69.8 Å². The molecule has 1 aliphatic carbocycles. The third-order valence-corrected chi connectivity index (χ3v) is 16.0. The molecule has 16 nitrogen and oxygen atoms in total. The van der Waals surface area contributed by atoms with Crippen LogP contribution in [0.3, 0.4) is 0 Å². The molecular formula is C56H87NO15. The molecule has 0 radical (unpaired) electrons. The van der Waals surface area contributed by atoms with Crippen LogP contribution >= 0.6 is 0 Å². The van der Waals surface area contributed by atoms with E-state index in [0.717, 1.165) is 5.57 Å². The number of ether oxygens (including phenoxy) is 5. The maximum Gasteiger partial charge on any atom is 0.329 e. The smallest absolute Gasteiger partial charge is 0.329 e. The van der Waals surface area contributed by atoms with Crippen LogP contribution in [-0.2, 0) is 52.5 Å². The highest BCUT2D eigenvalue weighted by Crippen LogP contribution is 2.38. The van der Waals surface area contributed by atoms with Gasteiger partial charge in [-0.3, -0.25) is 24.0 Å². The fraction of sp³-hybridized carbons (Fsp3) is 0.750. The Morgan fingerprint density at radius 3 is 2.22 bits per heavy atom. The summed E-state index contributed by atoms with van der Waals surface area (Å²) in [5.74, 6) is -9.57. The van der Waals surface area contributed by atoms with E-state index in [2.05, 4.69) is 0 Å². The van der Waals surface area contributed by atoms with Gasteiger partial charge in [0.25, 0.3) is 11.7 Å². The molecule has 1 saturated carbocycles. The summed E-state index contributed by atoms with van der Waals surface area (Å²) in [5, 5.41) is 43.0. The maximum atomic E-state index is 14.5. The number of nitrogens with zero attached hydrogens (tertiary/aromatic N) is 1. The van der Waals surface area contributed by atoms with Gasteiger partial charge in [-0.1, -0.05) is 78.0 Å². The van der Waals surface area contributed by atoms with E-state index in [-0.39, 0.29) is 48.7 Å². The standard InChI is InChI=1S/C56H87NO15/c1-33-17-13-12-14-18-34(2)46(68-10)29-42-22-20-39(7)56(67,72-42)51(63)52(64)57-24-16-15-19-43(57)53(65)70-47(30-44(60)35(3)26-38(6)50(62)40(8)49(61)37(5)25-33)36(4)27-41-21-23-45(48(28-41)69-11)71-54(66)55(9,31-58)32-59/h12-14,17-18,26,33,35-37,39-43,45-48,50,58-59,62,67H,15-16,19-25,27-32H2,1-11H3/b14-12?,17-13+,34-18?,38-26+/t33-,35-,36-,37-,39-,40+,41?,42+,43+,45-,46?,47+,48-,50-,56-/m1/s1. The first-order valence-electron chi connectivity index (χ1n) is 26.3. The normalized spacial score (nSPS) is 36.6. The van der Waals surface area contributed by atoms with Crippen molar-refractivity contribution in [1.29, 1.82) is 0 Å². The average molecular weight is 1010 g/mol. The van der Waals surface area contributed by atoms with Crippen LogP contribution < -0.4 is 0 Å². The Morgan fingerprint density at radius 2 is 1.57 bits per heavy atom. The summed E-state index contributed by atoms with van der Waals surface area (Å²) in [7, 11) is 3.08. The molecule has 16 heteroatoms. The lowest BCUT2D eigenvalue weighted by Crippen LogP contribution is -2.61. The minimum atomic E-state index is -2.46. The second-order valence-electron chi connectivity index (χ2n) is 22.0. The van der Waals surface area contributed by atoms with Crippen LogP contribution in [0.4, 0.5) is 0 Å². The van der Waals surface area contributed by atoms with Crippen molar-refractivity contribution >= 4 is 35.2 Å². The Labute approximate surface area is 428 Å². The highest BCUT2D eigenvalue weighted by Gasteiger charge is 2.53. The summed E-state index contributed by atoms with van der Waals surface area (Å²) in [6, 6.07) is -1.19. The molecule has 3 heterocycles. The van der Waals surface area contributed by atoms with Crippen LogP contribution in [0.1, 0.15) is 139 Å². The fourth-order valence-electron chi connectivity index (χ4n) is 10.8. The first-order valence-corrected chi connectivity index (χ1v) is 26.3. The second kappa shape index (κ2) is 27.6. The molecule has 3 fully saturated rings. The number of Topliss-reactive ketones (excluding diaryl/α,β-unsaturated/α-hetero) is 3. The van der Waals surface area contributed by atoms with E-state index in [1.165, 1.54) is 18.9 Å². The van der Waals surface area contributed by atoms with Gasteiger partial charge in [0.1, 0.15) is 35.2 Å². The van der Waals surface area contributed by atoms with Crippen LogP contribution in [0.15, 0.2) is 47.6 Å². The van der Waals surface area contributed by atoms with Gasteiger partial charge in [-0.15, -0.1) is 0 Å². The third kappa shape index (κ3) is 15.6. The zero-order chi connectivity index (χ0) is 53.7. The van der Waals surface area contributed by atoms with Crippen molar-refractivity contribution in [3.05, 3.63) is 47.6 Å². The molecule has 0 aromatic rings. The van der Waals surface area contributed by atoms with Crippen molar-refractivity contribution in [1.82, 2.24) is 4.90 Å². The number of ketones is 3. The number of carbonyl (C=O) groups excluding carboxylic acids is 6. The topological polar surface area (TPSA) is 233 Å². The quantitative estimate of drug-likeness (QED) is 0.112. The molecule has 0 spiro atoms. The van der Waals surface area contributed by atoms with E-state index in [4.69, 9.17) is 23.7 Å². The number of amides is 1. The molecule has 72 heavy (non-hydrogen) atoms. The number of aliphatic hydroxyl groups excluding tert-OH is 3. The van der Waals surface area contributed by atoms with Gasteiger partial charge < -0.3 is 49.0 Å². The van der Waals surface area contributed by atoms with Crippen molar-refractivity contribution in [2.75, 3.05) is 34.0 Å². The van der Waals surface area contributed by atoms with Gasteiger partial charge in [0.2, 0.25) is 5.79 Å². The largest absolute Gasteiger partial charge is 0.460 e. The number of carbonyl (C=O) groups is 6. The molecule has 4 N–H and O–H groups in total. The number of esters is 2. The Morgan fingerprint density at radius 1 is 0.875 bits per heavy atom. The number of fused-ring (bicyclic) bond motifs is 3. The van der Waals surface area contributed by atoms with Crippen LogP contribution in [0.2, 0.25) is 0 Å². The van der Waals surface area contributed by atoms with Gasteiger partial charge >= 0.3 is 11.9 Å². The number of rotatable bonds is 9. The molecule has 1 amide bonds. The number of allylic oxidation sites excluding steroid dienone is 6. The second-order valence-corrected chi connectivity index (χ2v) is 22.0. The molecule has 4 aliphatic rings. The van der Waals surface area contributed by atoms with Crippen molar-refractivity contribution in [3.63, 3.8) is 0 Å². The lowest BCUT2D eigenvalue weighted by atomic mass is 9.78. The summed E-state index contributed by atoms with van der Waals surface area (Å²) >= 11 is 0. The minimum absolute atomic E-state index is 0.0242. The number of methoxy groups -OCH3 is 2. The zero-order valence-corrected chi connectivity index (χ0v) is 44.9. The van der Waals surface area contributed by atoms with E-state index in [1.807, 2.05) is 58.1 Å². The van der Waals surface area contributed by atoms with Crippen LogP contribution in [-0.4, -0.2) is 143 Å². The molecule has 406 valence electrons. The monoisotopic (exact) mass is 1010 g/mol. The maximum absolute atomic E-state index is 14.5. The molecular weight excluding hydrogens is 927 g/mol. The molecule has 2 bridgehead atoms. The van der Waals surface area contributed by atoms with Crippen molar-refractivity contribution < 1.29 is 72.9 Å². The Hall–Kier alpha value is -3.90. The van der Waals surface area contributed by atoms with Gasteiger partial charge in [-0.2, -0.15) is 0 Å². The predicted molar refractivity (Wildman–Crippen MR) is 270 cm³/mol. The highest BCUT2D eigenvalue weighted by molar-refractivity contribution is 6.39. The summed E-state index contributed by atoms with van der Waals surface area (Å²) in [6.07, 6.45) is 11.6. The third-order valence-electron chi connectivity index (χ3n) is 16.0. The molecule has 3 aliphatic heterocycles. The number of hydrogen-bond donors (Lipinski definition) is 4. The summed E-state index contributed by atoms with van der Waals surface area (Å²) in [5.41, 5.74) is -0.151. The van der Waals surface area contributed by atoms with Crippen LogP contribution in [0, 0.1) is 46.8 Å². The molecule has 0 aromatic heterocycles. The van der Waals surface area contributed by atoms with Crippen LogP contribution in [0.25, 0.3) is 0 Å². The molecule has 15 atom stereocenters. The van der Waals surface area contributed by atoms with E-state index >= 15 is 0 Å². The highest BCUT2D eigenvalue weighted by atomic mass is 16.6. The Balaban J connectivity index is 1.68. The lowest BCUT2D eigenvalue weighted by molar-refractivity contribution is -0.265. The van der Waals surface area contributed by atoms with Gasteiger partial charge in [0.15, 0.2) is 0 Å². The van der Waals surface area contributed by atoms with Gasteiger partial charge in [0, 0.05) is 57.3 Å². The van der Waals surface area contributed by atoms with Gasteiger partial charge in [-0.05, 0) is 114 Å². The van der Waals surface area contributed by atoms with E-state index in [1.54, 1.807) is 40.9 Å². The molecule has 0 aromatic carbocycles. The predicted octanol–water partition coefficient (Wildman–Crippen LogP) is 6.34. The fourth-order valence-corrected chi connectivity index (χ4v) is 10.8.